The van der Waals surface area contributed by atoms with Crippen molar-refractivity contribution < 1.29 is 29.0 Å². The van der Waals surface area contributed by atoms with E-state index in [1.807, 2.05) is 31.2 Å². The van der Waals surface area contributed by atoms with E-state index < -0.39 is 23.7 Å². The van der Waals surface area contributed by atoms with Crippen LogP contribution in [0, 0.1) is 6.92 Å². The number of methoxy groups -OCH3 is 1. The standard InChI is InChI=1S/C33H28N2O6/c1-21-6-3-4-8-26(21)20-41-27-15-13-24(14-16-27)30(36)28-29(23-9-11-25(12-10-23)33(39)40-2)35(32(38)31(28)37)19-22-7-5-17-34-18-22/h3-18,29,36H,19-20H2,1-2H3/b30-28+/t29-/m1/s1. The van der Waals surface area contributed by atoms with Crippen LogP contribution in [-0.4, -0.2) is 39.8 Å². The molecule has 1 N–H and O–H groups in total. The summed E-state index contributed by atoms with van der Waals surface area (Å²) in [6.07, 6.45) is 3.24. The minimum atomic E-state index is -0.890. The molecular weight excluding hydrogens is 520 g/mol. The summed E-state index contributed by atoms with van der Waals surface area (Å²) >= 11 is 0. The second kappa shape index (κ2) is 11.9. The average molecular weight is 549 g/mol. The molecule has 0 bridgehead atoms. The zero-order valence-electron chi connectivity index (χ0n) is 22.6. The molecule has 1 aliphatic heterocycles. The number of aliphatic hydroxyl groups is 1. The summed E-state index contributed by atoms with van der Waals surface area (Å²) in [5, 5.41) is 11.4. The van der Waals surface area contributed by atoms with Crippen LogP contribution in [0.25, 0.3) is 5.76 Å². The number of Topliss-reactive ketones (excluding diaryl/α,β-unsaturated/α-hetero) is 1. The van der Waals surface area contributed by atoms with Gasteiger partial charge in [-0.05, 0) is 71.6 Å². The highest BCUT2D eigenvalue weighted by Crippen LogP contribution is 2.40. The number of hydrogen-bond donors (Lipinski definition) is 1. The van der Waals surface area contributed by atoms with Crippen LogP contribution >= 0.6 is 0 Å². The minimum absolute atomic E-state index is 0.0433. The summed E-state index contributed by atoms with van der Waals surface area (Å²) in [7, 11) is 1.29. The molecule has 1 aliphatic rings. The number of pyridine rings is 1. The van der Waals surface area contributed by atoms with Gasteiger partial charge in [0.25, 0.3) is 11.7 Å². The fraction of sp³-hybridized carbons (Fsp3) is 0.152. The summed E-state index contributed by atoms with van der Waals surface area (Å²) in [6.45, 7) is 2.51. The van der Waals surface area contributed by atoms with Crippen molar-refractivity contribution in [3.05, 3.63) is 136 Å². The van der Waals surface area contributed by atoms with Gasteiger partial charge >= 0.3 is 5.97 Å². The largest absolute Gasteiger partial charge is 0.507 e. The average Bonchev–Trinajstić information content (AvgIpc) is 3.25. The lowest BCUT2D eigenvalue weighted by Gasteiger charge is -2.25. The molecule has 8 heteroatoms. The van der Waals surface area contributed by atoms with Gasteiger partial charge in [-0.25, -0.2) is 4.79 Å². The number of amides is 1. The Hall–Kier alpha value is -5.24. The molecule has 0 aliphatic carbocycles. The lowest BCUT2D eigenvalue weighted by atomic mass is 9.94. The molecule has 0 unspecified atom stereocenters. The highest BCUT2D eigenvalue weighted by atomic mass is 16.5. The molecule has 1 aromatic heterocycles. The summed E-state index contributed by atoms with van der Waals surface area (Å²) in [6, 6.07) is 23.7. The summed E-state index contributed by atoms with van der Waals surface area (Å²) in [4.78, 5) is 44.1. The predicted molar refractivity (Wildman–Crippen MR) is 152 cm³/mol. The molecule has 4 aromatic rings. The first kappa shape index (κ1) is 27.3. The van der Waals surface area contributed by atoms with Crippen molar-refractivity contribution in [3.8, 4) is 5.75 Å². The van der Waals surface area contributed by atoms with E-state index in [-0.39, 0.29) is 17.9 Å². The molecule has 3 aromatic carbocycles. The normalized spacial score (nSPS) is 16.0. The third-order valence-electron chi connectivity index (χ3n) is 7.05. The number of benzene rings is 3. The Kier molecular flexibility index (Phi) is 7.92. The summed E-state index contributed by atoms with van der Waals surface area (Å²) in [5.41, 5.74) is 4.11. The van der Waals surface area contributed by atoms with Crippen LogP contribution in [0.15, 0.2) is 103 Å². The van der Waals surface area contributed by atoms with E-state index >= 15 is 0 Å². The van der Waals surface area contributed by atoms with Gasteiger partial charge < -0.3 is 19.5 Å². The highest BCUT2D eigenvalue weighted by Gasteiger charge is 2.46. The minimum Gasteiger partial charge on any atom is -0.507 e. The summed E-state index contributed by atoms with van der Waals surface area (Å²) < 4.78 is 10.7. The van der Waals surface area contributed by atoms with Crippen LogP contribution in [-0.2, 0) is 27.5 Å². The van der Waals surface area contributed by atoms with Crippen molar-refractivity contribution in [2.45, 2.75) is 26.1 Å². The van der Waals surface area contributed by atoms with Gasteiger partial charge in [0, 0.05) is 24.5 Å². The molecule has 0 saturated carbocycles. The molecule has 1 fully saturated rings. The lowest BCUT2D eigenvalue weighted by Crippen LogP contribution is -2.29. The maximum Gasteiger partial charge on any atom is 0.337 e. The van der Waals surface area contributed by atoms with Gasteiger partial charge in [0.2, 0.25) is 0 Å². The zero-order chi connectivity index (χ0) is 28.9. The summed E-state index contributed by atoms with van der Waals surface area (Å²) in [5.74, 6) is -1.75. The van der Waals surface area contributed by atoms with E-state index in [4.69, 9.17) is 9.47 Å². The number of hydrogen-bond acceptors (Lipinski definition) is 7. The van der Waals surface area contributed by atoms with Crippen LogP contribution in [0.5, 0.6) is 5.75 Å². The van der Waals surface area contributed by atoms with Gasteiger partial charge in [-0.3, -0.25) is 14.6 Å². The van der Waals surface area contributed by atoms with Crippen LogP contribution < -0.4 is 4.74 Å². The number of nitrogens with zero attached hydrogens (tertiary/aromatic N) is 2. The molecule has 2 heterocycles. The van der Waals surface area contributed by atoms with Crippen molar-refractivity contribution in [2.24, 2.45) is 0 Å². The van der Waals surface area contributed by atoms with Crippen LogP contribution in [0.2, 0.25) is 0 Å². The van der Waals surface area contributed by atoms with E-state index in [2.05, 4.69) is 4.98 Å². The second-order valence-corrected chi connectivity index (χ2v) is 9.64. The number of aryl methyl sites for hydroxylation is 1. The molecule has 206 valence electrons. The molecule has 0 spiro atoms. The number of carbonyl (C=O) groups is 3. The SMILES string of the molecule is COC(=O)c1ccc([C@@H]2/C(=C(\O)c3ccc(OCc4ccccc4C)cc3)C(=O)C(=O)N2Cc2cccnc2)cc1. The number of aromatic nitrogens is 1. The first-order chi connectivity index (χ1) is 19.9. The number of aliphatic hydroxyl groups excluding tert-OH is 1. The van der Waals surface area contributed by atoms with Gasteiger partial charge in [-0.1, -0.05) is 42.5 Å². The topological polar surface area (TPSA) is 106 Å². The maximum atomic E-state index is 13.4. The lowest BCUT2D eigenvalue weighted by molar-refractivity contribution is -0.140. The van der Waals surface area contributed by atoms with Crippen LogP contribution in [0.3, 0.4) is 0 Å². The highest BCUT2D eigenvalue weighted by molar-refractivity contribution is 6.46. The number of ketones is 1. The monoisotopic (exact) mass is 548 g/mol. The third-order valence-corrected chi connectivity index (χ3v) is 7.05. The van der Waals surface area contributed by atoms with Gasteiger partial charge in [0.1, 0.15) is 18.1 Å². The van der Waals surface area contributed by atoms with Crippen molar-refractivity contribution >= 4 is 23.4 Å². The first-order valence-corrected chi connectivity index (χ1v) is 13.0. The Morgan fingerprint density at radius 2 is 1.63 bits per heavy atom. The van der Waals surface area contributed by atoms with E-state index in [1.165, 1.54) is 12.0 Å². The molecule has 5 rings (SSSR count). The van der Waals surface area contributed by atoms with Gasteiger partial charge in [0.05, 0.1) is 24.3 Å². The van der Waals surface area contributed by atoms with Crippen molar-refractivity contribution in [1.29, 1.82) is 0 Å². The fourth-order valence-electron chi connectivity index (χ4n) is 4.79. The second-order valence-electron chi connectivity index (χ2n) is 9.64. The molecule has 1 saturated heterocycles. The molecular formula is C33H28N2O6. The quantitative estimate of drug-likeness (QED) is 0.136. The van der Waals surface area contributed by atoms with E-state index in [9.17, 15) is 19.5 Å². The van der Waals surface area contributed by atoms with E-state index in [0.29, 0.717) is 29.0 Å². The number of esters is 1. The molecule has 0 radical (unpaired) electrons. The van der Waals surface area contributed by atoms with E-state index in [1.54, 1.807) is 73.1 Å². The van der Waals surface area contributed by atoms with Gasteiger partial charge in [-0.15, -0.1) is 0 Å². The number of rotatable bonds is 8. The Labute approximate surface area is 237 Å². The Morgan fingerprint density at radius 3 is 2.29 bits per heavy atom. The maximum absolute atomic E-state index is 13.4. The Bertz CT molecular complexity index is 1610. The van der Waals surface area contributed by atoms with E-state index in [0.717, 1.165) is 16.7 Å². The van der Waals surface area contributed by atoms with Crippen molar-refractivity contribution in [2.75, 3.05) is 7.11 Å². The number of likely N-dealkylation sites (tertiary alicyclic amines) is 1. The van der Waals surface area contributed by atoms with Gasteiger partial charge in [0.15, 0.2) is 0 Å². The van der Waals surface area contributed by atoms with Gasteiger partial charge in [-0.2, -0.15) is 0 Å². The fourth-order valence-corrected chi connectivity index (χ4v) is 4.79. The Balaban J connectivity index is 1.49. The van der Waals surface area contributed by atoms with Crippen molar-refractivity contribution in [1.82, 2.24) is 9.88 Å². The molecule has 41 heavy (non-hydrogen) atoms. The number of ether oxygens (including phenoxy) is 2. The molecule has 8 nitrogen and oxygen atoms in total. The number of carbonyl (C=O) groups excluding carboxylic acids is 3. The molecule has 1 atom stereocenters. The molecule has 1 amide bonds. The van der Waals surface area contributed by atoms with Crippen LogP contribution in [0.4, 0.5) is 0 Å². The van der Waals surface area contributed by atoms with Crippen molar-refractivity contribution in [3.63, 3.8) is 0 Å². The zero-order valence-corrected chi connectivity index (χ0v) is 22.6. The smallest absolute Gasteiger partial charge is 0.337 e. The Morgan fingerprint density at radius 1 is 0.927 bits per heavy atom. The first-order valence-electron chi connectivity index (χ1n) is 13.0. The predicted octanol–water partition coefficient (Wildman–Crippen LogP) is 5.38. The van der Waals surface area contributed by atoms with Crippen LogP contribution in [0.1, 0.15) is 44.2 Å². The third kappa shape index (κ3) is 5.72.